The van der Waals surface area contributed by atoms with E-state index in [1.807, 2.05) is 18.2 Å². The molecule has 182 valence electrons. The third kappa shape index (κ3) is 4.99. The number of hydrogen-bond donors (Lipinski definition) is 0. The third-order valence-corrected chi connectivity index (χ3v) is 6.48. The molecule has 6 nitrogen and oxygen atoms in total. The molecular weight excluding hydrogens is 489 g/mol. The summed E-state index contributed by atoms with van der Waals surface area (Å²) >= 11 is 1.36. The van der Waals surface area contributed by atoms with Crippen LogP contribution in [0.5, 0.6) is 11.5 Å². The van der Waals surface area contributed by atoms with Crippen LogP contribution in [0.4, 0.5) is 4.39 Å². The van der Waals surface area contributed by atoms with Crippen LogP contribution >= 0.6 is 11.3 Å². The smallest absolute Gasteiger partial charge is 0.266 e. The number of methoxy groups -OCH3 is 1. The van der Waals surface area contributed by atoms with Crippen LogP contribution in [-0.2, 0) is 6.61 Å². The molecular formula is C29H20FN3O3S. The van der Waals surface area contributed by atoms with Crippen LogP contribution in [0, 0.1) is 17.1 Å². The van der Waals surface area contributed by atoms with Crippen molar-refractivity contribution in [1.29, 1.82) is 5.26 Å². The molecule has 0 aliphatic rings. The Morgan fingerprint density at radius 1 is 1.11 bits per heavy atom. The normalized spacial score (nSPS) is 11.1. The first-order valence-electron chi connectivity index (χ1n) is 11.3. The van der Waals surface area contributed by atoms with Crippen molar-refractivity contribution in [1.82, 2.24) is 9.38 Å². The molecule has 2 aromatic heterocycles. The summed E-state index contributed by atoms with van der Waals surface area (Å²) in [6, 6.07) is 20.6. The Morgan fingerprint density at radius 3 is 2.68 bits per heavy atom. The maximum absolute atomic E-state index is 13.6. The molecule has 2 heterocycles. The second kappa shape index (κ2) is 10.5. The molecule has 8 heteroatoms. The molecule has 0 unspecified atom stereocenters. The van der Waals surface area contributed by atoms with Gasteiger partial charge >= 0.3 is 0 Å². The van der Waals surface area contributed by atoms with Gasteiger partial charge < -0.3 is 9.47 Å². The minimum absolute atomic E-state index is 0.149. The summed E-state index contributed by atoms with van der Waals surface area (Å²) in [5.41, 5.74) is 3.24. The van der Waals surface area contributed by atoms with Crippen LogP contribution in [-0.4, -0.2) is 16.5 Å². The predicted molar refractivity (Wildman–Crippen MR) is 142 cm³/mol. The molecule has 0 aliphatic carbocycles. The highest BCUT2D eigenvalue weighted by atomic mass is 32.1. The number of fused-ring (bicyclic) bond motifs is 1. The Morgan fingerprint density at radius 2 is 1.92 bits per heavy atom. The van der Waals surface area contributed by atoms with E-state index >= 15 is 0 Å². The number of benzene rings is 3. The van der Waals surface area contributed by atoms with Gasteiger partial charge in [-0.15, -0.1) is 11.3 Å². The monoisotopic (exact) mass is 509 g/mol. The van der Waals surface area contributed by atoms with Crippen LogP contribution in [0.1, 0.15) is 22.4 Å². The Balaban J connectivity index is 1.57. The van der Waals surface area contributed by atoms with E-state index in [2.05, 4.69) is 6.07 Å². The summed E-state index contributed by atoms with van der Waals surface area (Å²) in [5, 5.41) is 11.0. The van der Waals surface area contributed by atoms with E-state index in [-0.39, 0.29) is 18.0 Å². The molecule has 3 aromatic carbocycles. The lowest BCUT2D eigenvalue weighted by atomic mass is 10.0. The molecule has 0 radical (unpaired) electrons. The van der Waals surface area contributed by atoms with Crippen LogP contribution in [0.2, 0.25) is 0 Å². The van der Waals surface area contributed by atoms with E-state index in [9.17, 15) is 9.18 Å². The topological polar surface area (TPSA) is 76.6 Å². The zero-order valence-electron chi connectivity index (χ0n) is 19.7. The zero-order chi connectivity index (χ0) is 25.8. The Kier molecular flexibility index (Phi) is 6.79. The van der Waals surface area contributed by atoms with Crippen molar-refractivity contribution < 1.29 is 13.9 Å². The van der Waals surface area contributed by atoms with Gasteiger partial charge in [-0.1, -0.05) is 36.4 Å². The quantitative estimate of drug-likeness (QED) is 0.261. The van der Waals surface area contributed by atoms with E-state index in [1.54, 1.807) is 67.2 Å². The summed E-state index contributed by atoms with van der Waals surface area (Å²) in [7, 11) is 1.55. The molecule has 0 bridgehead atoms. The maximum atomic E-state index is 13.6. The minimum atomic E-state index is -0.335. The summed E-state index contributed by atoms with van der Waals surface area (Å²) in [6.07, 6.45) is 5.26. The van der Waals surface area contributed by atoms with Crippen LogP contribution in [0.15, 0.2) is 83.1 Å². The fourth-order valence-electron chi connectivity index (χ4n) is 3.93. The number of nitrogens with zero attached hydrogens (tertiary/aromatic N) is 3. The first-order chi connectivity index (χ1) is 18.1. The highest BCUT2D eigenvalue weighted by molar-refractivity contribution is 7.15. The largest absolute Gasteiger partial charge is 0.493 e. The van der Waals surface area contributed by atoms with Gasteiger partial charge in [-0.05, 0) is 53.6 Å². The van der Waals surface area contributed by atoms with Crippen LogP contribution < -0.4 is 15.0 Å². The van der Waals surface area contributed by atoms with Gasteiger partial charge in [-0.2, -0.15) is 5.26 Å². The van der Waals surface area contributed by atoms with Crippen molar-refractivity contribution in [2.24, 2.45) is 0 Å². The van der Waals surface area contributed by atoms with Crippen molar-refractivity contribution >= 4 is 28.4 Å². The fraction of sp³-hybridized carbons (Fsp3) is 0.0690. The van der Waals surface area contributed by atoms with E-state index in [4.69, 9.17) is 19.7 Å². The second-order valence-corrected chi connectivity index (χ2v) is 8.93. The third-order valence-electron chi connectivity index (χ3n) is 5.72. The molecule has 37 heavy (non-hydrogen) atoms. The molecule has 0 fully saturated rings. The van der Waals surface area contributed by atoms with Gasteiger partial charge in [0.2, 0.25) is 0 Å². The van der Waals surface area contributed by atoms with Gasteiger partial charge in [0.05, 0.1) is 30.0 Å². The van der Waals surface area contributed by atoms with E-state index in [0.29, 0.717) is 50.0 Å². The minimum Gasteiger partial charge on any atom is -0.493 e. The number of aromatic nitrogens is 2. The van der Waals surface area contributed by atoms with E-state index in [1.165, 1.54) is 27.9 Å². The zero-order valence-corrected chi connectivity index (χ0v) is 20.5. The van der Waals surface area contributed by atoms with Gasteiger partial charge in [0.25, 0.3) is 5.56 Å². The predicted octanol–water partition coefficient (Wildman–Crippen LogP) is 6.19. The maximum Gasteiger partial charge on any atom is 0.266 e. The van der Waals surface area contributed by atoms with Crippen LogP contribution in [0.25, 0.3) is 28.2 Å². The molecule has 0 saturated heterocycles. The van der Waals surface area contributed by atoms with Gasteiger partial charge in [-0.3, -0.25) is 9.20 Å². The Bertz CT molecular complexity index is 1720. The van der Waals surface area contributed by atoms with Gasteiger partial charge in [0.1, 0.15) is 12.4 Å². The first kappa shape index (κ1) is 24.0. The van der Waals surface area contributed by atoms with Crippen molar-refractivity contribution in [3.63, 3.8) is 0 Å². The highest BCUT2D eigenvalue weighted by Crippen LogP contribution is 2.33. The lowest BCUT2D eigenvalue weighted by molar-refractivity contribution is 0.283. The van der Waals surface area contributed by atoms with E-state index < -0.39 is 0 Å². The molecule has 0 saturated carbocycles. The number of thiazole rings is 1. The Labute approximate surface area is 216 Å². The lowest BCUT2D eigenvalue weighted by Crippen LogP contribution is -2.17. The van der Waals surface area contributed by atoms with Gasteiger partial charge in [-0.25, -0.2) is 9.37 Å². The van der Waals surface area contributed by atoms with Gasteiger partial charge in [0, 0.05) is 17.1 Å². The van der Waals surface area contributed by atoms with Crippen molar-refractivity contribution in [2.75, 3.05) is 7.11 Å². The highest BCUT2D eigenvalue weighted by Gasteiger charge is 2.15. The molecule has 0 N–H and O–H groups in total. The molecule has 0 spiro atoms. The fourth-order valence-corrected chi connectivity index (χ4v) is 4.64. The Hall–Kier alpha value is -4.74. The number of nitriles is 1. The van der Waals surface area contributed by atoms with Crippen molar-refractivity contribution in [3.8, 4) is 28.7 Å². The van der Waals surface area contributed by atoms with Crippen LogP contribution in [0.3, 0.4) is 0 Å². The van der Waals surface area contributed by atoms with Crippen molar-refractivity contribution in [2.45, 2.75) is 6.61 Å². The average molecular weight is 510 g/mol. The summed E-state index contributed by atoms with van der Waals surface area (Å²) in [6.45, 7) is 0.149. The molecule has 0 atom stereocenters. The standard InChI is InChI=1S/C29H20FN3O3S/c1-35-25-7-3-5-22(27(25)36-18-20-4-2-6-23(30)16-20)12-13-24-26(21-10-8-19(17-31)9-11-21)28(34)33-14-15-37-29(33)32-24/h2-16H,18H2,1H3/b13-12+. The van der Waals surface area contributed by atoms with Crippen molar-refractivity contribution in [3.05, 3.63) is 117 Å². The summed E-state index contributed by atoms with van der Waals surface area (Å²) < 4.78 is 26.7. The molecule has 5 rings (SSSR count). The second-order valence-electron chi connectivity index (χ2n) is 8.05. The number of hydrogen-bond acceptors (Lipinski definition) is 6. The average Bonchev–Trinajstić information content (AvgIpc) is 3.40. The number of halogens is 1. The molecule has 5 aromatic rings. The van der Waals surface area contributed by atoms with E-state index in [0.717, 1.165) is 0 Å². The number of para-hydroxylation sites is 1. The molecule has 0 amide bonds. The summed E-state index contributed by atoms with van der Waals surface area (Å²) in [5.74, 6) is 0.671. The first-order valence-corrected chi connectivity index (χ1v) is 12.2. The number of ether oxygens (including phenoxy) is 2. The molecule has 0 aliphatic heterocycles. The lowest BCUT2D eigenvalue weighted by Gasteiger charge is -2.14. The number of rotatable bonds is 7. The summed E-state index contributed by atoms with van der Waals surface area (Å²) in [4.78, 5) is 18.7. The SMILES string of the molecule is COc1cccc(/C=C/c2nc3sccn3c(=O)c2-c2ccc(C#N)cc2)c1OCc1cccc(F)c1. The van der Waals surface area contributed by atoms with Gasteiger partial charge in [0.15, 0.2) is 16.5 Å².